The van der Waals surface area contributed by atoms with E-state index in [0.29, 0.717) is 17.5 Å². The topological polar surface area (TPSA) is 82.1 Å². The molecule has 2 saturated heterocycles. The van der Waals surface area contributed by atoms with Crippen molar-refractivity contribution in [2.75, 3.05) is 24.6 Å². The zero-order valence-electron chi connectivity index (χ0n) is 19.4. The maximum absolute atomic E-state index is 5.93. The highest BCUT2D eigenvalue weighted by atomic mass is 32.2. The normalized spacial score (nSPS) is 19.5. The van der Waals surface area contributed by atoms with E-state index in [0.717, 1.165) is 68.1 Å². The number of ether oxygens (including phenoxy) is 1. The first-order valence-electron chi connectivity index (χ1n) is 12.0. The van der Waals surface area contributed by atoms with E-state index in [4.69, 9.17) is 9.26 Å². The summed E-state index contributed by atoms with van der Waals surface area (Å²) < 4.78 is 13.7. The van der Waals surface area contributed by atoms with Gasteiger partial charge in [0, 0.05) is 25.3 Å². The van der Waals surface area contributed by atoms with Crippen LogP contribution in [0.25, 0.3) is 11.4 Å². The van der Waals surface area contributed by atoms with E-state index in [1.807, 2.05) is 12.1 Å². The molecule has 2 aliphatic heterocycles. The molecule has 1 unspecified atom stereocenters. The first-order chi connectivity index (χ1) is 16.2. The first-order valence-corrected chi connectivity index (χ1v) is 13.0. The molecule has 176 valence electrons. The highest BCUT2D eigenvalue weighted by Gasteiger charge is 2.26. The molecule has 0 N–H and O–H groups in total. The quantitative estimate of drug-likeness (QED) is 0.444. The van der Waals surface area contributed by atoms with E-state index in [1.165, 1.54) is 18.4 Å². The molecule has 8 nitrogen and oxygen atoms in total. The Hall–Kier alpha value is -2.39. The van der Waals surface area contributed by atoms with Crippen molar-refractivity contribution in [2.45, 2.75) is 69.5 Å². The molecule has 0 saturated carbocycles. The van der Waals surface area contributed by atoms with Crippen molar-refractivity contribution in [3.05, 3.63) is 35.7 Å². The summed E-state index contributed by atoms with van der Waals surface area (Å²) >= 11 is 1.59. The van der Waals surface area contributed by atoms with Gasteiger partial charge < -0.3 is 14.2 Å². The predicted octanol–water partition coefficient (Wildman–Crippen LogP) is 4.60. The molecule has 2 fully saturated rings. The average molecular weight is 469 g/mol. The van der Waals surface area contributed by atoms with Crippen LogP contribution in [0.5, 0.6) is 0 Å². The van der Waals surface area contributed by atoms with Crippen molar-refractivity contribution >= 4 is 17.7 Å². The largest absolute Gasteiger partial charge is 0.376 e. The lowest BCUT2D eigenvalue weighted by Gasteiger charge is -2.31. The van der Waals surface area contributed by atoms with Crippen molar-refractivity contribution in [3.63, 3.8) is 0 Å². The van der Waals surface area contributed by atoms with Gasteiger partial charge in [-0.3, -0.25) is 4.57 Å². The highest BCUT2D eigenvalue weighted by Crippen LogP contribution is 2.29. The third-order valence-electron chi connectivity index (χ3n) is 6.59. The van der Waals surface area contributed by atoms with E-state index >= 15 is 0 Å². The number of aryl methyl sites for hydroxylation is 1. The molecule has 1 aromatic carbocycles. The van der Waals surface area contributed by atoms with E-state index in [1.54, 1.807) is 11.8 Å². The molecular formula is C24H32N6O2S. The van der Waals surface area contributed by atoms with E-state index in [9.17, 15) is 0 Å². The van der Waals surface area contributed by atoms with Crippen LogP contribution in [0, 0.1) is 5.92 Å². The van der Waals surface area contributed by atoms with Crippen molar-refractivity contribution in [1.29, 1.82) is 0 Å². The van der Waals surface area contributed by atoms with Crippen molar-refractivity contribution in [2.24, 2.45) is 5.92 Å². The van der Waals surface area contributed by atoms with Gasteiger partial charge in [-0.1, -0.05) is 55.0 Å². The molecule has 1 atom stereocenters. The molecule has 4 heterocycles. The summed E-state index contributed by atoms with van der Waals surface area (Å²) in [6.07, 6.45) is 5.83. The van der Waals surface area contributed by atoms with Gasteiger partial charge in [0.1, 0.15) is 0 Å². The summed E-state index contributed by atoms with van der Waals surface area (Å²) in [5.74, 6) is 3.50. The standard InChI is InChI=1S/C24H32N6O2S/c1-3-18-6-8-19(9-7-18)22-25-21(32-28-22)16-33-24-27-26-23(29-12-10-17(2)11-13-29)30(24)15-20-5-4-14-31-20/h6-9,17,20H,3-5,10-16H2,1-2H3. The fourth-order valence-corrected chi connectivity index (χ4v) is 5.21. The van der Waals surface area contributed by atoms with Gasteiger partial charge in [0.15, 0.2) is 5.16 Å². The van der Waals surface area contributed by atoms with E-state index in [-0.39, 0.29) is 6.10 Å². The second-order valence-corrected chi connectivity index (χ2v) is 9.99. The summed E-state index contributed by atoms with van der Waals surface area (Å²) in [6, 6.07) is 8.31. The number of aromatic nitrogens is 5. The average Bonchev–Trinajstić information content (AvgIpc) is 3.61. The summed E-state index contributed by atoms with van der Waals surface area (Å²) in [4.78, 5) is 6.97. The van der Waals surface area contributed by atoms with Gasteiger partial charge in [0.25, 0.3) is 0 Å². The van der Waals surface area contributed by atoms with Crippen LogP contribution in [0.15, 0.2) is 33.9 Å². The zero-order valence-corrected chi connectivity index (χ0v) is 20.3. The molecule has 2 aliphatic rings. The van der Waals surface area contributed by atoms with Gasteiger partial charge in [0.05, 0.1) is 18.4 Å². The van der Waals surface area contributed by atoms with Crippen molar-refractivity contribution in [1.82, 2.24) is 24.9 Å². The van der Waals surface area contributed by atoms with Crippen LogP contribution >= 0.6 is 11.8 Å². The van der Waals surface area contributed by atoms with Crippen LogP contribution in [-0.4, -0.2) is 50.7 Å². The van der Waals surface area contributed by atoms with Crippen LogP contribution in [-0.2, 0) is 23.5 Å². The number of hydrogen-bond donors (Lipinski definition) is 0. The minimum Gasteiger partial charge on any atom is -0.376 e. The summed E-state index contributed by atoms with van der Waals surface area (Å²) in [5.41, 5.74) is 2.26. The lowest BCUT2D eigenvalue weighted by Crippen LogP contribution is -2.35. The van der Waals surface area contributed by atoms with Crippen LogP contribution in [0.4, 0.5) is 5.95 Å². The third kappa shape index (κ3) is 5.24. The Morgan fingerprint density at radius 2 is 1.91 bits per heavy atom. The van der Waals surface area contributed by atoms with Gasteiger partial charge in [-0.25, -0.2) is 0 Å². The lowest BCUT2D eigenvalue weighted by molar-refractivity contribution is 0.0951. The number of hydrogen-bond acceptors (Lipinski definition) is 8. The third-order valence-corrected chi connectivity index (χ3v) is 7.54. The van der Waals surface area contributed by atoms with Gasteiger partial charge in [0.2, 0.25) is 17.7 Å². The molecular weight excluding hydrogens is 436 g/mol. The zero-order chi connectivity index (χ0) is 22.6. The lowest BCUT2D eigenvalue weighted by atomic mass is 10.00. The van der Waals surface area contributed by atoms with Crippen molar-refractivity contribution < 1.29 is 9.26 Å². The first kappa shape index (κ1) is 22.4. The Morgan fingerprint density at radius 1 is 1.09 bits per heavy atom. The predicted molar refractivity (Wildman–Crippen MR) is 128 cm³/mol. The Labute approximate surface area is 199 Å². The molecule has 2 aromatic heterocycles. The number of benzene rings is 1. The number of rotatable bonds is 8. The Kier molecular flexibility index (Phi) is 6.96. The number of thioether (sulfide) groups is 1. The molecule has 0 radical (unpaired) electrons. The van der Waals surface area contributed by atoms with Crippen molar-refractivity contribution in [3.8, 4) is 11.4 Å². The molecule has 0 aliphatic carbocycles. The Balaban J connectivity index is 1.30. The fourth-order valence-electron chi connectivity index (χ4n) is 4.43. The van der Waals surface area contributed by atoms with Crippen LogP contribution in [0.3, 0.4) is 0 Å². The second kappa shape index (κ2) is 10.3. The molecule has 0 spiro atoms. The van der Waals surface area contributed by atoms with Gasteiger partial charge in [-0.05, 0) is 43.6 Å². The SMILES string of the molecule is CCc1ccc(-c2noc(CSc3nnc(N4CCC(C)CC4)n3CC3CCCO3)n2)cc1. The summed E-state index contributed by atoms with van der Waals surface area (Å²) in [7, 11) is 0. The summed E-state index contributed by atoms with van der Waals surface area (Å²) in [6.45, 7) is 8.16. The van der Waals surface area contributed by atoms with Gasteiger partial charge in [-0.2, -0.15) is 4.98 Å². The van der Waals surface area contributed by atoms with Gasteiger partial charge in [-0.15, -0.1) is 10.2 Å². The molecule has 0 bridgehead atoms. The number of piperidine rings is 1. The van der Waals surface area contributed by atoms with Crippen LogP contribution in [0.1, 0.15) is 51.0 Å². The molecule has 9 heteroatoms. The number of anilines is 1. The maximum Gasteiger partial charge on any atom is 0.237 e. The molecule has 33 heavy (non-hydrogen) atoms. The number of nitrogens with zero attached hydrogens (tertiary/aromatic N) is 6. The maximum atomic E-state index is 5.93. The monoisotopic (exact) mass is 468 g/mol. The highest BCUT2D eigenvalue weighted by molar-refractivity contribution is 7.98. The van der Waals surface area contributed by atoms with Gasteiger partial charge >= 0.3 is 0 Å². The molecule has 0 amide bonds. The summed E-state index contributed by atoms with van der Waals surface area (Å²) in [5, 5.41) is 14.2. The van der Waals surface area contributed by atoms with E-state index < -0.39 is 0 Å². The minimum absolute atomic E-state index is 0.226. The smallest absolute Gasteiger partial charge is 0.237 e. The van der Waals surface area contributed by atoms with Crippen LogP contribution < -0.4 is 4.90 Å². The Morgan fingerprint density at radius 3 is 2.64 bits per heavy atom. The second-order valence-electron chi connectivity index (χ2n) is 9.05. The Bertz CT molecular complexity index is 1040. The van der Waals surface area contributed by atoms with Crippen LogP contribution in [0.2, 0.25) is 0 Å². The molecule has 3 aromatic rings. The molecule has 5 rings (SSSR count). The fraction of sp³-hybridized carbons (Fsp3) is 0.583. The van der Waals surface area contributed by atoms with E-state index in [2.05, 4.69) is 55.8 Å². The minimum atomic E-state index is 0.226.